The van der Waals surface area contributed by atoms with Gasteiger partial charge >= 0.3 is 0 Å². The van der Waals surface area contributed by atoms with Gasteiger partial charge in [0.05, 0.1) is 7.11 Å². The molecule has 3 aromatic carbocycles. The average molecular weight is 391 g/mol. The number of rotatable bonds is 7. The monoisotopic (exact) mass is 391 g/mol. The number of hydrogen-bond acceptors (Lipinski definition) is 4. The number of carbonyl (C=O) groups is 2. The highest BCUT2D eigenvalue weighted by Gasteiger charge is 2.22. The molecule has 3 aromatic rings. The summed E-state index contributed by atoms with van der Waals surface area (Å²) in [5.74, 6) is 0.585. The number of carbonyl (C=O) groups excluding carboxylic acids is 2. The van der Waals surface area contributed by atoms with Crippen molar-refractivity contribution < 1.29 is 14.3 Å². The first-order valence-electron chi connectivity index (χ1n) is 8.84. The van der Waals surface area contributed by atoms with Gasteiger partial charge < -0.3 is 10.1 Å². The molecule has 0 fully saturated rings. The Morgan fingerprint density at radius 2 is 1.64 bits per heavy atom. The van der Waals surface area contributed by atoms with E-state index >= 15 is 0 Å². The lowest BCUT2D eigenvalue weighted by Gasteiger charge is -2.17. The Bertz CT molecular complexity index is 955. The molecule has 4 nitrogen and oxygen atoms in total. The number of thioether (sulfide) groups is 1. The molecule has 0 saturated heterocycles. The van der Waals surface area contributed by atoms with Gasteiger partial charge in [-0.25, -0.2) is 0 Å². The third-order valence-electron chi connectivity index (χ3n) is 4.19. The van der Waals surface area contributed by atoms with Gasteiger partial charge in [0.15, 0.2) is 5.78 Å². The predicted octanol–water partition coefficient (Wildman–Crippen LogP) is 5.37. The van der Waals surface area contributed by atoms with E-state index in [-0.39, 0.29) is 11.7 Å². The first-order valence-corrected chi connectivity index (χ1v) is 9.72. The third-order valence-corrected chi connectivity index (χ3v) is 5.46. The molecule has 0 aliphatic rings. The molecule has 1 amide bonds. The summed E-state index contributed by atoms with van der Waals surface area (Å²) >= 11 is 1.46. The van der Waals surface area contributed by atoms with Gasteiger partial charge in [-0.1, -0.05) is 42.5 Å². The van der Waals surface area contributed by atoms with Crippen LogP contribution in [0.25, 0.3) is 0 Å². The molecule has 0 aliphatic carbocycles. The third kappa shape index (κ3) is 5.02. The fraction of sp³-hybridized carbons (Fsp3) is 0.130. The molecule has 1 unspecified atom stereocenters. The average Bonchev–Trinajstić information content (AvgIpc) is 2.73. The molecule has 0 radical (unpaired) electrons. The number of benzene rings is 3. The Hall–Kier alpha value is -3.05. The number of amides is 1. The number of nitrogens with one attached hydrogen (secondary N) is 1. The Kier molecular flexibility index (Phi) is 6.50. The quantitative estimate of drug-likeness (QED) is 0.434. The molecular weight excluding hydrogens is 370 g/mol. The van der Waals surface area contributed by atoms with E-state index in [1.165, 1.54) is 18.7 Å². The Morgan fingerprint density at radius 1 is 0.929 bits per heavy atom. The van der Waals surface area contributed by atoms with Gasteiger partial charge in [-0.05, 0) is 48.9 Å². The van der Waals surface area contributed by atoms with E-state index in [2.05, 4.69) is 5.32 Å². The van der Waals surface area contributed by atoms with Gasteiger partial charge in [-0.15, -0.1) is 11.8 Å². The topological polar surface area (TPSA) is 55.4 Å². The summed E-state index contributed by atoms with van der Waals surface area (Å²) in [5, 5.41) is 2.51. The van der Waals surface area contributed by atoms with E-state index in [0.717, 1.165) is 16.2 Å². The van der Waals surface area contributed by atoms with Crippen molar-refractivity contribution in [2.45, 2.75) is 17.1 Å². The van der Waals surface area contributed by atoms with Gasteiger partial charge in [0.1, 0.15) is 11.0 Å². The van der Waals surface area contributed by atoms with Crippen molar-refractivity contribution >= 4 is 29.1 Å². The van der Waals surface area contributed by atoms with Crippen molar-refractivity contribution in [2.24, 2.45) is 0 Å². The predicted molar refractivity (Wildman–Crippen MR) is 113 cm³/mol. The second-order valence-electron chi connectivity index (χ2n) is 6.21. The molecule has 0 heterocycles. The molecule has 0 spiro atoms. The van der Waals surface area contributed by atoms with Gasteiger partial charge in [0.25, 0.3) is 0 Å². The Labute approximate surface area is 168 Å². The van der Waals surface area contributed by atoms with Gasteiger partial charge in [-0.2, -0.15) is 0 Å². The molecule has 28 heavy (non-hydrogen) atoms. The van der Waals surface area contributed by atoms with Crippen LogP contribution >= 0.6 is 11.8 Å². The van der Waals surface area contributed by atoms with E-state index < -0.39 is 5.25 Å². The highest BCUT2D eigenvalue weighted by molar-refractivity contribution is 8.00. The van der Waals surface area contributed by atoms with Crippen molar-refractivity contribution in [2.75, 3.05) is 12.4 Å². The van der Waals surface area contributed by atoms with Gasteiger partial charge in [0.2, 0.25) is 5.91 Å². The summed E-state index contributed by atoms with van der Waals surface area (Å²) in [4.78, 5) is 25.6. The van der Waals surface area contributed by atoms with Gasteiger partial charge in [0, 0.05) is 16.1 Å². The minimum absolute atomic E-state index is 0.0386. The summed E-state index contributed by atoms with van der Waals surface area (Å²) < 4.78 is 5.20. The van der Waals surface area contributed by atoms with E-state index in [4.69, 9.17) is 4.74 Å². The zero-order valence-electron chi connectivity index (χ0n) is 15.7. The van der Waals surface area contributed by atoms with Crippen LogP contribution in [0.4, 0.5) is 5.69 Å². The van der Waals surface area contributed by atoms with Crippen LogP contribution in [0, 0.1) is 0 Å². The molecule has 0 aliphatic heterocycles. The standard InChI is InChI=1S/C23H21NO3S/c1-16(25)18-9-6-10-19(15-18)24-23(26)22(17-7-4-3-5-8-17)28-21-13-11-20(27-2)12-14-21/h3-15,22H,1-2H3,(H,24,26). The molecule has 0 bridgehead atoms. The molecule has 0 saturated carbocycles. The summed E-state index contributed by atoms with van der Waals surface area (Å²) in [6.45, 7) is 1.51. The van der Waals surface area contributed by atoms with Crippen molar-refractivity contribution in [1.82, 2.24) is 0 Å². The van der Waals surface area contributed by atoms with Crippen LogP contribution in [-0.2, 0) is 4.79 Å². The van der Waals surface area contributed by atoms with Crippen LogP contribution in [0.3, 0.4) is 0 Å². The minimum Gasteiger partial charge on any atom is -0.497 e. The maximum Gasteiger partial charge on any atom is 0.242 e. The number of ether oxygens (including phenoxy) is 1. The van der Waals surface area contributed by atoms with Crippen LogP contribution in [0.15, 0.2) is 83.8 Å². The highest BCUT2D eigenvalue weighted by Crippen LogP contribution is 2.36. The lowest BCUT2D eigenvalue weighted by molar-refractivity contribution is -0.115. The summed E-state index contributed by atoms with van der Waals surface area (Å²) in [5.41, 5.74) is 2.08. The van der Waals surface area contributed by atoms with Gasteiger partial charge in [-0.3, -0.25) is 9.59 Å². The van der Waals surface area contributed by atoms with Crippen LogP contribution in [0.5, 0.6) is 5.75 Å². The molecule has 1 N–H and O–H groups in total. The van der Waals surface area contributed by atoms with Crippen molar-refractivity contribution in [3.63, 3.8) is 0 Å². The normalized spacial score (nSPS) is 11.5. The largest absolute Gasteiger partial charge is 0.497 e. The number of hydrogen-bond donors (Lipinski definition) is 1. The second-order valence-corrected chi connectivity index (χ2v) is 7.39. The van der Waals surface area contributed by atoms with E-state index in [0.29, 0.717) is 11.3 Å². The zero-order valence-corrected chi connectivity index (χ0v) is 16.5. The van der Waals surface area contributed by atoms with Crippen molar-refractivity contribution in [3.8, 4) is 5.75 Å². The molecule has 5 heteroatoms. The van der Waals surface area contributed by atoms with Crippen LogP contribution < -0.4 is 10.1 Å². The molecular formula is C23H21NO3S. The van der Waals surface area contributed by atoms with E-state index in [1.807, 2.05) is 54.6 Å². The Morgan fingerprint density at radius 3 is 2.29 bits per heavy atom. The first-order chi connectivity index (χ1) is 13.6. The minimum atomic E-state index is -0.435. The Balaban J connectivity index is 1.84. The van der Waals surface area contributed by atoms with Crippen molar-refractivity contribution in [1.29, 1.82) is 0 Å². The molecule has 0 aromatic heterocycles. The lowest BCUT2D eigenvalue weighted by Crippen LogP contribution is -2.19. The first kappa shape index (κ1) is 19.7. The SMILES string of the molecule is COc1ccc(SC(C(=O)Nc2cccc(C(C)=O)c2)c2ccccc2)cc1. The number of ketones is 1. The van der Waals surface area contributed by atoms with Crippen LogP contribution in [0.1, 0.15) is 28.1 Å². The van der Waals surface area contributed by atoms with Crippen LogP contribution in [-0.4, -0.2) is 18.8 Å². The fourth-order valence-electron chi connectivity index (χ4n) is 2.71. The summed E-state index contributed by atoms with van der Waals surface area (Å²) in [6, 6.07) is 24.2. The maximum atomic E-state index is 13.1. The van der Waals surface area contributed by atoms with E-state index in [9.17, 15) is 9.59 Å². The fourth-order valence-corrected chi connectivity index (χ4v) is 3.74. The zero-order chi connectivity index (χ0) is 19.9. The maximum absolute atomic E-state index is 13.1. The summed E-state index contributed by atoms with van der Waals surface area (Å²) in [6.07, 6.45) is 0. The number of anilines is 1. The van der Waals surface area contributed by atoms with Crippen LogP contribution in [0.2, 0.25) is 0 Å². The molecule has 1 atom stereocenters. The second kappa shape index (κ2) is 9.24. The smallest absolute Gasteiger partial charge is 0.242 e. The highest BCUT2D eigenvalue weighted by atomic mass is 32.2. The van der Waals surface area contributed by atoms with E-state index in [1.54, 1.807) is 31.4 Å². The number of methoxy groups -OCH3 is 1. The molecule has 3 rings (SSSR count). The number of Topliss-reactive ketones (excluding diaryl/α,β-unsaturated/α-hetero) is 1. The van der Waals surface area contributed by atoms with Crippen molar-refractivity contribution in [3.05, 3.63) is 90.0 Å². The summed E-state index contributed by atoms with van der Waals surface area (Å²) in [7, 11) is 1.62. The lowest BCUT2D eigenvalue weighted by atomic mass is 10.1. The molecule has 142 valence electrons.